The first-order chi connectivity index (χ1) is 10.2. The fourth-order valence-corrected chi connectivity index (χ4v) is 4.01. The van der Waals surface area contributed by atoms with Crippen molar-refractivity contribution in [2.45, 2.75) is 6.92 Å². The number of aromatic nitrogens is 2. The van der Waals surface area contributed by atoms with E-state index in [4.69, 9.17) is 9.47 Å². The zero-order valence-electron chi connectivity index (χ0n) is 11.7. The molecular formula is C15H14N2O3Se. The third kappa shape index (κ3) is 2.73. The second-order valence-electron chi connectivity index (χ2n) is 4.37. The molecule has 1 N–H and O–H groups in total. The molecule has 21 heavy (non-hydrogen) atoms. The number of ether oxygens (including phenoxy) is 2. The molecule has 108 valence electrons. The Morgan fingerprint density at radius 2 is 2.10 bits per heavy atom. The Bertz CT molecular complexity index is 742. The number of esters is 1. The van der Waals surface area contributed by atoms with Gasteiger partial charge in [0.05, 0.1) is 0 Å². The van der Waals surface area contributed by atoms with Gasteiger partial charge in [0.15, 0.2) is 0 Å². The first kappa shape index (κ1) is 13.9. The predicted octanol–water partition coefficient (Wildman–Crippen LogP) is 2.47. The van der Waals surface area contributed by atoms with Gasteiger partial charge in [-0.1, -0.05) is 0 Å². The van der Waals surface area contributed by atoms with Crippen LogP contribution in [0.25, 0.3) is 20.0 Å². The summed E-state index contributed by atoms with van der Waals surface area (Å²) in [6, 6.07) is 9.59. The molecule has 0 aliphatic carbocycles. The number of fused-ring (bicyclic) bond motifs is 1. The number of carbonyl (C=O) groups excluding carboxylic acids is 1. The number of hydrogen-bond donors (Lipinski definition) is 1. The first-order valence-electron chi connectivity index (χ1n) is 6.52. The van der Waals surface area contributed by atoms with Crippen LogP contribution < -0.4 is 4.74 Å². The number of aromatic amines is 1. The van der Waals surface area contributed by atoms with Gasteiger partial charge in [0.1, 0.15) is 0 Å². The van der Waals surface area contributed by atoms with Crippen molar-refractivity contribution in [1.82, 2.24) is 9.97 Å². The molecule has 2 heterocycles. The summed E-state index contributed by atoms with van der Waals surface area (Å²) in [5.74, 6) is 0.497. The Hall–Kier alpha value is -2.04. The van der Waals surface area contributed by atoms with Gasteiger partial charge in [-0.2, -0.15) is 0 Å². The number of benzene rings is 1. The second kappa shape index (κ2) is 5.76. The van der Waals surface area contributed by atoms with Gasteiger partial charge in [0.25, 0.3) is 0 Å². The molecule has 2 aromatic heterocycles. The number of carbonyl (C=O) groups is 1. The van der Waals surface area contributed by atoms with Crippen LogP contribution in [-0.4, -0.2) is 44.2 Å². The molecule has 0 aliphatic rings. The predicted molar refractivity (Wildman–Crippen MR) is 81.0 cm³/mol. The first-order valence-corrected chi connectivity index (χ1v) is 8.23. The van der Waals surface area contributed by atoms with Crippen molar-refractivity contribution < 1.29 is 14.3 Å². The molecule has 0 radical (unpaired) electrons. The van der Waals surface area contributed by atoms with E-state index < -0.39 is 0 Å². The Balaban J connectivity index is 1.91. The average Bonchev–Trinajstić information content (AvgIpc) is 3.06. The average molecular weight is 349 g/mol. The van der Waals surface area contributed by atoms with Crippen LogP contribution in [-0.2, 0) is 4.74 Å². The minimum atomic E-state index is -0.330. The molecule has 0 spiro atoms. The van der Waals surface area contributed by atoms with E-state index in [2.05, 4.69) is 9.97 Å². The maximum atomic E-state index is 11.7. The van der Waals surface area contributed by atoms with E-state index in [1.165, 1.54) is 0 Å². The van der Waals surface area contributed by atoms with Gasteiger partial charge in [-0.05, 0) is 0 Å². The summed E-state index contributed by atoms with van der Waals surface area (Å²) in [6.45, 7) is 2.16. The molecule has 3 aromatic rings. The Kier molecular flexibility index (Phi) is 3.81. The summed E-state index contributed by atoms with van der Waals surface area (Å²) in [5.41, 5.74) is 2.39. The van der Waals surface area contributed by atoms with Crippen LogP contribution in [0.4, 0.5) is 0 Å². The Morgan fingerprint density at radius 1 is 1.33 bits per heavy atom. The van der Waals surface area contributed by atoms with Crippen LogP contribution in [0.1, 0.15) is 17.4 Å². The number of rotatable bonds is 4. The van der Waals surface area contributed by atoms with Gasteiger partial charge in [0.2, 0.25) is 0 Å². The van der Waals surface area contributed by atoms with E-state index in [9.17, 15) is 4.79 Å². The van der Waals surface area contributed by atoms with Crippen molar-refractivity contribution in [3.05, 3.63) is 36.0 Å². The molecule has 0 saturated carbocycles. The summed E-state index contributed by atoms with van der Waals surface area (Å²) in [7, 11) is 1.65. The number of H-pyrrole nitrogens is 1. The molecule has 0 unspecified atom stereocenters. The molecule has 3 rings (SSSR count). The molecule has 0 bridgehead atoms. The zero-order chi connectivity index (χ0) is 14.8. The fourth-order valence-electron chi connectivity index (χ4n) is 1.99. The topological polar surface area (TPSA) is 64.2 Å². The summed E-state index contributed by atoms with van der Waals surface area (Å²) in [6.07, 6.45) is 0. The van der Waals surface area contributed by atoms with Crippen LogP contribution in [0.15, 0.2) is 30.3 Å². The van der Waals surface area contributed by atoms with Crippen LogP contribution in [0.5, 0.6) is 5.75 Å². The maximum absolute atomic E-state index is 11.7. The van der Waals surface area contributed by atoms with Crippen molar-refractivity contribution in [2.75, 3.05) is 13.7 Å². The molecule has 0 amide bonds. The third-order valence-electron chi connectivity index (χ3n) is 3.01. The van der Waals surface area contributed by atoms with Crippen molar-refractivity contribution >= 4 is 30.4 Å². The summed E-state index contributed by atoms with van der Waals surface area (Å²) >= 11 is 0.0642. The molecule has 6 heteroatoms. The van der Waals surface area contributed by atoms with E-state index in [1.54, 1.807) is 20.1 Å². The Labute approximate surface area is 127 Å². The molecule has 0 atom stereocenters. The summed E-state index contributed by atoms with van der Waals surface area (Å²) < 4.78 is 12.2. The summed E-state index contributed by atoms with van der Waals surface area (Å²) in [4.78, 5) is 19.4. The van der Waals surface area contributed by atoms with Gasteiger partial charge in [-0.3, -0.25) is 0 Å². The second-order valence-corrected chi connectivity index (χ2v) is 6.46. The SMILES string of the molecule is CCOC(=O)c1cc2nc(-c3ccc(OC)cc3)[se]c2[nH]1. The summed E-state index contributed by atoms with van der Waals surface area (Å²) in [5, 5.41) is 0. The van der Waals surface area contributed by atoms with Crippen molar-refractivity contribution in [3.63, 3.8) is 0 Å². The minimum absolute atomic E-state index is 0.0642. The van der Waals surface area contributed by atoms with E-state index in [0.717, 1.165) is 25.8 Å². The quantitative estimate of drug-likeness (QED) is 0.581. The van der Waals surface area contributed by atoms with E-state index in [0.29, 0.717) is 12.3 Å². The fraction of sp³-hybridized carbons (Fsp3) is 0.200. The van der Waals surface area contributed by atoms with Crippen molar-refractivity contribution in [2.24, 2.45) is 0 Å². The number of nitrogens with one attached hydrogen (secondary N) is 1. The van der Waals surface area contributed by atoms with Gasteiger partial charge < -0.3 is 0 Å². The van der Waals surface area contributed by atoms with E-state index in [1.807, 2.05) is 24.3 Å². The molecule has 1 aromatic carbocycles. The van der Waals surface area contributed by atoms with Gasteiger partial charge in [-0.25, -0.2) is 0 Å². The van der Waals surface area contributed by atoms with Crippen LogP contribution in [0, 0.1) is 0 Å². The number of methoxy groups -OCH3 is 1. The molecule has 0 saturated heterocycles. The molecule has 5 nitrogen and oxygen atoms in total. The standard InChI is InChI=1S/C15H14N2O3Se/c1-3-20-15(18)12-8-11-14(17-12)21-13(16-11)9-4-6-10(19-2)7-5-9/h4-8,17H,3H2,1-2H3. The van der Waals surface area contributed by atoms with E-state index >= 15 is 0 Å². The van der Waals surface area contributed by atoms with E-state index in [-0.39, 0.29) is 20.5 Å². The Morgan fingerprint density at radius 3 is 2.71 bits per heavy atom. The molecule has 0 fully saturated rings. The van der Waals surface area contributed by atoms with Crippen LogP contribution in [0.2, 0.25) is 0 Å². The van der Waals surface area contributed by atoms with Gasteiger partial charge in [-0.15, -0.1) is 0 Å². The normalized spacial score (nSPS) is 10.8. The van der Waals surface area contributed by atoms with Crippen LogP contribution >= 0.6 is 0 Å². The molecular weight excluding hydrogens is 335 g/mol. The zero-order valence-corrected chi connectivity index (χ0v) is 13.4. The van der Waals surface area contributed by atoms with Crippen LogP contribution in [0.3, 0.4) is 0 Å². The van der Waals surface area contributed by atoms with Crippen molar-refractivity contribution in [1.29, 1.82) is 0 Å². The number of nitrogens with zero attached hydrogens (tertiary/aromatic N) is 1. The molecule has 0 aliphatic heterocycles. The van der Waals surface area contributed by atoms with Gasteiger partial charge in [0, 0.05) is 0 Å². The van der Waals surface area contributed by atoms with Crippen molar-refractivity contribution in [3.8, 4) is 15.9 Å². The number of hydrogen-bond acceptors (Lipinski definition) is 4. The van der Waals surface area contributed by atoms with Gasteiger partial charge >= 0.3 is 127 Å². The monoisotopic (exact) mass is 350 g/mol. The third-order valence-corrected chi connectivity index (χ3v) is 5.19.